The van der Waals surface area contributed by atoms with E-state index in [2.05, 4.69) is 4.98 Å². The van der Waals surface area contributed by atoms with Gasteiger partial charge in [-0.15, -0.1) is 11.3 Å². The van der Waals surface area contributed by atoms with Crippen LogP contribution in [0.4, 0.5) is 0 Å². The standard InChI is InChI=1S/C20H24N4O2S/c1-13-5-6-18(27-13)20(26)24-8-3-4-15(11-24)19-21-10-16-12-23(14(2)25)9-7-17(16)22-19/h5-6,10,15H,3-4,7-9,11-12H2,1-2H3/t15-/m0/s1. The zero-order chi connectivity index (χ0) is 19.0. The molecular weight excluding hydrogens is 360 g/mol. The molecule has 2 aromatic rings. The normalized spacial score (nSPS) is 19.7. The molecule has 0 unspecified atom stereocenters. The van der Waals surface area contributed by atoms with Gasteiger partial charge >= 0.3 is 0 Å². The zero-order valence-corrected chi connectivity index (χ0v) is 16.6. The summed E-state index contributed by atoms with van der Waals surface area (Å²) in [5, 5.41) is 0. The highest BCUT2D eigenvalue weighted by Gasteiger charge is 2.29. The smallest absolute Gasteiger partial charge is 0.263 e. The summed E-state index contributed by atoms with van der Waals surface area (Å²) in [6, 6.07) is 3.92. The summed E-state index contributed by atoms with van der Waals surface area (Å²) in [6.07, 6.45) is 4.62. The lowest BCUT2D eigenvalue weighted by molar-refractivity contribution is -0.129. The summed E-state index contributed by atoms with van der Waals surface area (Å²) in [5.41, 5.74) is 2.09. The van der Waals surface area contributed by atoms with Crippen LogP contribution < -0.4 is 0 Å². The molecule has 0 saturated carbocycles. The monoisotopic (exact) mass is 384 g/mol. The van der Waals surface area contributed by atoms with Crippen molar-refractivity contribution in [3.8, 4) is 0 Å². The Balaban J connectivity index is 1.49. The summed E-state index contributed by atoms with van der Waals surface area (Å²) >= 11 is 1.55. The van der Waals surface area contributed by atoms with Crippen LogP contribution in [0.3, 0.4) is 0 Å². The van der Waals surface area contributed by atoms with E-state index in [0.29, 0.717) is 19.6 Å². The minimum Gasteiger partial charge on any atom is -0.338 e. The van der Waals surface area contributed by atoms with Gasteiger partial charge < -0.3 is 9.80 Å². The molecule has 0 aromatic carbocycles. The number of thiophene rings is 1. The lowest BCUT2D eigenvalue weighted by Gasteiger charge is -2.32. The highest BCUT2D eigenvalue weighted by atomic mass is 32.1. The molecule has 4 heterocycles. The van der Waals surface area contributed by atoms with Crippen molar-refractivity contribution in [2.24, 2.45) is 0 Å². The van der Waals surface area contributed by atoms with Crippen LogP contribution in [0.5, 0.6) is 0 Å². The quantitative estimate of drug-likeness (QED) is 0.799. The third-order valence-corrected chi connectivity index (χ3v) is 6.41. The molecule has 6 nitrogen and oxygen atoms in total. The van der Waals surface area contributed by atoms with Crippen molar-refractivity contribution in [3.05, 3.63) is 45.2 Å². The second-order valence-corrected chi connectivity index (χ2v) is 8.68. The third-order valence-electron chi connectivity index (χ3n) is 5.42. The van der Waals surface area contributed by atoms with E-state index < -0.39 is 0 Å². The fraction of sp³-hybridized carbons (Fsp3) is 0.500. The SMILES string of the molecule is CC(=O)N1CCc2nc([C@H]3CCCN(C(=O)c4ccc(C)s4)C3)ncc2C1. The lowest BCUT2D eigenvalue weighted by Crippen LogP contribution is -2.39. The molecule has 1 saturated heterocycles. The van der Waals surface area contributed by atoms with Gasteiger partial charge in [-0.3, -0.25) is 9.59 Å². The average molecular weight is 385 g/mol. The number of piperidine rings is 1. The summed E-state index contributed by atoms with van der Waals surface area (Å²) in [6.45, 7) is 6.40. The first-order chi connectivity index (χ1) is 13.0. The van der Waals surface area contributed by atoms with Gasteiger partial charge in [0, 0.05) is 62.1 Å². The Morgan fingerprint density at radius 2 is 2.07 bits per heavy atom. The number of aromatic nitrogens is 2. The number of carbonyl (C=O) groups is 2. The minimum absolute atomic E-state index is 0.0926. The van der Waals surface area contributed by atoms with Crippen molar-refractivity contribution in [1.82, 2.24) is 19.8 Å². The number of rotatable bonds is 2. The molecule has 0 N–H and O–H groups in total. The van der Waals surface area contributed by atoms with Crippen LogP contribution in [-0.2, 0) is 17.8 Å². The Hall–Kier alpha value is -2.28. The fourth-order valence-corrected chi connectivity index (χ4v) is 4.71. The molecule has 0 bridgehead atoms. The first-order valence-electron chi connectivity index (χ1n) is 9.47. The van der Waals surface area contributed by atoms with Gasteiger partial charge in [-0.2, -0.15) is 0 Å². The van der Waals surface area contributed by atoms with Crippen LogP contribution in [0, 0.1) is 6.92 Å². The number of hydrogen-bond acceptors (Lipinski definition) is 5. The molecule has 2 amide bonds. The topological polar surface area (TPSA) is 66.4 Å². The van der Waals surface area contributed by atoms with Crippen LogP contribution in [0.15, 0.2) is 18.3 Å². The number of amides is 2. The Morgan fingerprint density at radius 3 is 2.81 bits per heavy atom. The predicted octanol–water partition coefficient (Wildman–Crippen LogP) is 2.77. The maximum absolute atomic E-state index is 12.8. The highest BCUT2D eigenvalue weighted by molar-refractivity contribution is 7.13. The Bertz CT molecular complexity index is 879. The molecule has 2 aliphatic heterocycles. The Labute approximate surface area is 163 Å². The van der Waals surface area contributed by atoms with Crippen LogP contribution in [0.2, 0.25) is 0 Å². The zero-order valence-electron chi connectivity index (χ0n) is 15.8. The van der Waals surface area contributed by atoms with E-state index in [-0.39, 0.29) is 17.7 Å². The molecule has 2 aromatic heterocycles. The minimum atomic E-state index is 0.0926. The predicted molar refractivity (Wildman–Crippen MR) is 104 cm³/mol. The van der Waals surface area contributed by atoms with E-state index in [1.54, 1.807) is 18.3 Å². The van der Waals surface area contributed by atoms with Crippen molar-refractivity contribution in [2.75, 3.05) is 19.6 Å². The number of fused-ring (bicyclic) bond motifs is 1. The van der Waals surface area contributed by atoms with Crippen LogP contribution >= 0.6 is 11.3 Å². The number of likely N-dealkylation sites (tertiary alicyclic amines) is 1. The van der Waals surface area contributed by atoms with Crippen molar-refractivity contribution in [2.45, 2.75) is 45.6 Å². The first kappa shape index (κ1) is 18.1. The van der Waals surface area contributed by atoms with Gasteiger partial charge in [0.2, 0.25) is 5.91 Å². The van der Waals surface area contributed by atoms with Gasteiger partial charge in [0.15, 0.2) is 0 Å². The van der Waals surface area contributed by atoms with Crippen molar-refractivity contribution >= 4 is 23.2 Å². The Morgan fingerprint density at radius 1 is 1.22 bits per heavy atom. The molecule has 1 fully saturated rings. The molecular formula is C20H24N4O2S. The average Bonchev–Trinajstić information content (AvgIpc) is 3.13. The van der Waals surface area contributed by atoms with Crippen LogP contribution in [-0.4, -0.2) is 51.2 Å². The van der Waals surface area contributed by atoms with E-state index in [1.807, 2.05) is 35.1 Å². The number of nitrogens with zero attached hydrogens (tertiary/aromatic N) is 4. The molecule has 7 heteroatoms. The maximum Gasteiger partial charge on any atom is 0.263 e. The van der Waals surface area contributed by atoms with Gasteiger partial charge in [0.25, 0.3) is 5.91 Å². The number of carbonyl (C=O) groups excluding carboxylic acids is 2. The third kappa shape index (κ3) is 3.74. The second-order valence-electron chi connectivity index (χ2n) is 7.39. The Kier molecular flexibility index (Phi) is 4.95. The molecule has 4 rings (SSSR count). The fourth-order valence-electron chi connectivity index (χ4n) is 3.87. The van der Waals surface area contributed by atoms with Crippen molar-refractivity contribution in [1.29, 1.82) is 0 Å². The summed E-state index contributed by atoms with van der Waals surface area (Å²) < 4.78 is 0. The highest BCUT2D eigenvalue weighted by Crippen LogP contribution is 2.28. The van der Waals surface area contributed by atoms with E-state index in [9.17, 15) is 9.59 Å². The van der Waals surface area contributed by atoms with Gasteiger partial charge in [-0.25, -0.2) is 9.97 Å². The number of aryl methyl sites for hydroxylation is 1. The molecule has 0 spiro atoms. The molecule has 2 aliphatic rings. The van der Waals surface area contributed by atoms with Crippen LogP contribution in [0.25, 0.3) is 0 Å². The van der Waals surface area contributed by atoms with E-state index >= 15 is 0 Å². The maximum atomic E-state index is 12.8. The summed E-state index contributed by atoms with van der Waals surface area (Å²) in [5.74, 6) is 1.23. The van der Waals surface area contributed by atoms with Gasteiger partial charge in [-0.1, -0.05) is 0 Å². The van der Waals surface area contributed by atoms with Gasteiger partial charge in [-0.05, 0) is 31.9 Å². The van der Waals surface area contributed by atoms with Crippen molar-refractivity contribution in [3.63, 3.8) is 0 Å². The molecule has 1 atom stereocenters. The van der Waals surface area contributed by atoms with E-state index in [0.717, 1.165) is 52.6 Å². The summed E-state index contributed by atoms with van der Waals surface area (Å²) in [7, 11) is 0. The molecule has 142 valence electrons. The van der Waals surface area contributed by atoms with Crippen LogP contribution in [0.1, 0.15) is 57.3 Å². The van der Waals surface area contributed by atoms with Gasteiger partial charge in [0.05, 0.1) is 10.6 Å². The molecule has 0 aliphatic carbocycles. The van der Waals surface area contributed by atoms with Gasteiger partial charge in [0.1, 0.15) is 5.82 Å². The van der Waals surface area contributed by atoms with Crippen molar-refractivity contribution < 1.29 is 9.59 Å². The molecule has 0 radical (unpaired) electrons. The number of hydrogen-bond donors (Lipinski definition) is 0. The first-order valence-corrected chi connectivity index (χ1v) is 10.3. The second kappa shape index (κ2) is 7.38. The molecule has 27 heavy (non-hydrogen) atoms. The largest absolute Gasteiger partial charge is 0.338 e. The van der Waals surface area contributed by atoms with E-state index in [4.69, 9.17) is 4.98 Å². The lowest BCUT2D eigenvalue weighted by atomic mass is 9.96. The van der Waals surface area contributed by atoms with E-state index in [1.165, 1.54) is 0 Å². The summed E-state index contributed by atoms with van der Waals surface area (Å²) in [4.78, 5) is 39.5.